The van der Waals surface area contributed by atoms with Gasteiger partial charge in [0.1, 0.15) is 11.5 Å². The molecule has 0 radical (unpaired) electrons. The first kappa shape index (κ1) is 27.1. The Morgan fingerprint density at radius 3 is 1.79 bits per heavy atom. The summed E-state index contributed by atoms with van der Waals surface area (Å²) in [5.74, 6) is 2.68. The highest BCUT2D eigenvalue weighted by Crippen LogP contribution is 2.26. The van der Waals surface area contributed by atoms with Crippen LogP contribution in [0.5, 0.6) is 11.5 Å². The summed E-state index contributed by atoms with van der Waals surface area (Å²) in [5, 5.41) is 1.02. The van der Waals surface area contributed by atoms with Crippen LogP contribution in [0.2, 0.25) is 0 Å². The van der Waals surface area contributed by atoms with E-state index in [-0.39, 0.29) is 24.0 Å². The number of benzene rings is 3. The molecule has 0 N–H and O–H groups in total. The van der Waals surface area contributed by atoms with Gasteiger partial charge in [-0.05, 0) is 72.2 Å². The van der Waals surface area contributed by atoms with Gasteiger partial charge in [0.15, 0.2) is 5.17 Å². The average Bonchev–Trinajstić information content (AvgIpc) is 2.82. The normalized spacial score (nSPS) is 11.0. The summed E-state index contributed by atoms with van der Waals surface area (Å²) in [6.07, 6.45) is 0. The Bertz CT molecular complexity index is 987. The van der Waals surface area contributed by atoms with E-state index in [1.54, 1.807) is 26.0 Å². The molecule has 0 spiro atoms. The Labute approximate surface area is 219 Å². The number of hydrogen-bond donors (Lipinski definition) is 0. The van der Waals surface area contributed by atoms with Crippen molar-refractivity contribution in [3.05, 3.63) is 89.0 Å². The molecule has 0 unspecified atom stereocenters. The van der Waals surface area contributed by atoms with Crippen molar-refractivity contribution in [1.82, 2.24) is 4.90 Å². The van der Waals surface area contributed by atoms with Crippen LogP contribution >= 0.6 is 35.7 Å². The predicted octanol–water partition coefficient (Wildman–Crippen LogP) is 7.38. The topological polar surface area (TPSA) is 34.1 Å². The highest BCUT2D eigenvalue weighted by molar-refractivity contribution is 14.0. The number of ether oxygens (including phenoxy) is 2. The lowest BCUT2D eigenvalue weighted by Gasteiger charge is -2.26. The summed E-state index contributed by atoms with van der Waals surface area (Å²) >= 11 is 1.77. The Balaban J connectivity index is 0.00000385. The summed E-state index contributed by atoms with van der Waals surface area (Å²) in [5.41, 5.74) is 5.92. The van der Waals surface area contributed by atoms with Crippen molar-refractivity contribution in [1.29, 1.82) is 0 Å². The first-order valence-corrected chi connectivity index (χ1v) is 11.8. The molecule has 6 heteroatoms. The van der Waals surface area contributed by atoms with E-state index in [0.29, 0.717) is 0 Å². The highest BCUT2D eigenvalue weighted by atomic mass is 127. The lowest BCUT2D eigenvalue weighted by Crippen LogP contribution is -2.28. The molecule has 0 aliphatic carbocycles. The standard InChI is InChI=1S/C27H32N2O2S.HI/c1-6-32-27(28-26-9-7-8-20(2)21(26)3)29(18-22-10-14-24(30-4)15-11-22)19-23-12-16-25(31-5)17-13-23;/h7-17H,6,18-19H2,1-5H3;1H. The molecule has 0 aromatic heterocycles. The molecule has 0 bridgehead atoms. The Hall–Kier alpha value is -2.19. The van der Waals surface area contributed by atoms with Gasteiger partial charge in [-0.3, -0.25) is 0 Å². The third kappa shape index (κ3) is 7.67. The van der Waals surface area contributed by atoms with Gasteiger partial charge in [-0.2, -0.15) is 0 Å². The van der Waals surface area contributed by atoms with Crippen molar-refractivity contribution in [2.24, 2.45) is 4.99 Å². The van der Waals surface area contributed by atoms with Crippen LogP contribution in [-0.4, -0.2) is 30.0 Å². The lowest BCUT2D eigenvalue weighted by molar-refractivity contribution is 0.405. The Morgan fingerprint density at radius 1 is 0.818 bits per heavy atom. The summed E-state index contributed by atoms with van der Waals surface area (Å²) in [7, 11) is 3.38. The number of halogens is 1. The van der Waals surface area contributed by atoms with Crippen molar-refractivity contribution >= 4 is 46.6 Å². The van der Waals surface area contributed by atoms with Gasteiger partial charge in [-0.25, -0.2) is 4.99 Å². The minimum atomic E-state index is 0. The van der Waals surface area contributed by atoms with Crippen LogP contribution in [-0.2, 0) is 13.1 Å². The smallest absolute Gasteiger partial charge is 0.164 e. The van der Waals surface area contributed by atoms with E-state index in [1.807, 2.05) is 24.3 Å². The van der Waals surface area contributed by atoms with Crippen LogP contribution in [0.15, 0.2) is 71.7 Å². The van der Waals surface area contributed by atoms with Crippen LogP contribution in [0.25, 0.3) is 0 Å². The largest absolute Gasteiger partial charge is 0.497 e. The number of rotatable bonds is 8. The first-order valence-electron chi connectivity index (χ1n) is 10.8. The van der Waals surface area contributed by atoms with Gasteiger partial charge in [0, 0.05) is 13.1 Å². The van der Waals surface area contributed by atoms with E-state index in [4.69, 9.17) is 14.5 Å². The molecule has 0 atom stereocenters. The first-order chi connectivity index (χ1) is 15.5. The third-order valence-corrected chi connectivity index (χ3v) is 6.30. The minimum absolute atomic E-state index is 0. The van der Waals surface area contributed by atoms with Crippen molar-refractivity contribution in [3.8, 4) is 11.5 Å². The Morgan fingerprint density at radius 2 is 1.33 bits per heavy atom. The van der Waals surface area contributed by atoms with Crippen LogP contribution in [0.4, 0.5) is 5.69 Å². The maximum atomic E-state index is 5.33. The SMILES string of the molecule is CCSC(=Nc1cccc(C)c1C)N(Cc1ccc(OC)cc1)Cc1ccc(OC)cc1.I. The van der Waals surface area contributed by atoms with Gasteiger partial charge in [-0.1, -0.05) is 55.1 Å². The number of methoxy groups -OCH3 is 2. The van der Waals surface area contributed by atoms with Crippen LogP contribution < -0.4 is 9.47 Å². The summed E-state index contributed by atoms with van der Waals surface area (Å²) in [4.78, 5) is 7.47. The zero-order chi connectivity index (χ0) is 22.9. The van der Waals surface area contributed by atoms with Crippen LogP contribution in [0, 0.1) is 13.8 Å². The summed E-state index contributed by atoms with van der Waals surface area (Å²) < 4.78 is 10.7. The molecule has 0 amide bonds. The zero-order valence-corrected chi connectivity index (χ0v) is 23.1. The fraction of sp³-hybridized carbons (Fsp3) is 0.296. The second-order valence-electron chi connectivity index (χ2n) is 7.60. The van der Waals surface area contributed by atoms with Gasteiger partial charge in [-0.15, -0.1) is 24.0 Å². The van der Waals surface area contributed by atoms with Crippen molar-refractivity contribution < 1.29 is 9.47 Å². The summed E-state index contributed by atoms with van der Waals surface area (Å²) in [6.45, 7) is 7.95. The molecule has 33 heavy (non-hydrogen) atoms. The van der Waals surface area contributed by atoms with E-state index in [1.165, 1.54) is 22.3 Å². The third-order valence-electron chi connectivity index (χ3n) is 5.40. The van der Waals surface area contributed by atoms with Gasteiger partial charge < -0.3 is 14.4 Å². The number of thioether (sulfide) groups is 1. The second kappa shape index (κ2) is 13.5. The molecule has 3 aromatic rings. The van der Waals surface area contributed by atoms with Crippen molar-refractivity contribution in [2.45, 2.75) is 33.9 Å². The predicted molar refractivity (Wildman–Crippen MR) is 152 cm³/mol. The number of aliphatic imine (C=N–C) groups is 1. The number of nitrogens with zero attached hydrogens (tertiary/aromatic N) is 2. The fourth-order valence-corrected chi connectivity index (χ4v) is 4.11. The fourth-order valence-electron chi connectivity index (χ4n) is 3.38. The summed E-state index contributed by atoms with van der Waals surface area (Å²) in [6, 6.07) is 22.8. The van der Waals surface area contributed by atoms with Gasteiger partial charge in [0.25, 0.3) is 0 Å². The zero-order valence-electron chi connectivity index (χ0n) is 20.0. The molecular formula is C27H33IN2O2S. The van der Waals surface area contributed by atoms with E-state index in [9.17, 15) is 0 Å². The quantitative estimate of drug-likeness (QED) is 0.159. The van der Waals surface area contributed by atoms with Crippen LogP contribution in [0.3, 0.4) is 0 Å². The molecule has 176 valence electrons. The van der Waals surface area contributed by atoms with E-state index >= 15 is 0 Å². The van der Waals surface area contributed by atoms with Gasteiger partial charge in [0.05, 0.1) is 19.9 Å². The maximum Gasteiger partial charge on any atom is 0.164 e. The molecule has 0 aliphatic heterocycles. The molecule has 0 fully saturated rings. The van der Waals surface area contributed by atoms with E-state index in [2.05, 4.69) is 68.1 Å². The molecule has 3 rings (SSSR count). The number of amidine groups is 1. The van der Waals surface area contributed by atoms with Crippen molar-refractivity contribution in [2.75, 3.05) is 20.0 Å². The maximum absolute atomic E-state index is 5.33. The highest BCUT2D eigenvalue weighted by Gasteiger charge is 2.15. The lowest BCUT2D eigenvalue weighted by atomic mass is 10.1. The van der Waals surface area contributed by atoms with Gasteiger partial charge in [0.2, 0.25) is 0 Å². The van der Waals surface area contributed by atoms with E-state index in [0.717, 1.165) is 41.2 Å². The molecule has 0 saturated heterocycles. The van der Waals surface area contributed by atoms with Gasteiger partial charge >= 0.3 is 0 Å². The monoisotopic (exact) mass is 576 g/mol. The average molecular weight is 577 g/mol. The molecule has 4 nitrogen and oxygen atoms in total. The molecular weight excluding hydrogens is 543 g/mol. The Kier molecular flexibility index (Phi) is 11.1. The molecule has 3 aromatic carbocycles. The molecule has 0 saturated carbocycles. The minimum Gasteiger partial charge on any atom is -0.497 e. The second-order valence-corrected chi connectivity index (χ2v) is 8.83. The van der Waals surface area contributed by atoms with E-state index < -0.39 is 0 Å². The molecule has 0 heterocycles. The number of aryl methyl sites for hydroxylation is 1. The van der Waals surface area contributed by atoms with Crippen molar-refractivity contribution in [3.63, 3.8) is 0 Å². The molecule has 0 aliphatic rings. The van der Waals surface area contributed by atoms with Crippen LogP contribution in [0.1, 0.15) is 29.2 Å². The number of hydrogen-bond acceptors (Lipinski definition) is 4.